The van der Waals surface area contributed by atoms with Gasteiger partial charge in [0.1, 0.15) is 0 Å². The summed E-state index contributed by atoms with van der Waals surface area (Å²) < 4.78 is 0. The van der Waals surface area contributed by atoms with E-state index in [1.807, 2.05) is 13.0 Å². The Balaban J connectivity index is 2.29. The van der Waals surface area contributed by atoms with Gasteiger partial charge < -0.3 is 0 Å². The minimum Gasteiger partial charge on any atom is -0.246 e. The first-order valence-electron chi connectivity index (χ1n) is 4.74. The average molecular weight is 203 g/mol. The van der Waals surface area contributed by atoms with Crippen LogP contribution in [0.5, 0.6) is 0 Å². The van der Waals surface area contributed by atoms with Gasteiger partial charge in [0.15, 0.2) is 0 Å². The van der Waals surface area contributed by atoms with Gasteiger partial charge in [0.05, 0.1) is 10.7 Å². The van der Waals surface area contributed by atoms with Gasteiger partial charge in [-0.3, -0.25) is 0 Å². The summed E-state index contributed by atoms with van der Waals surface area (Å²) in [5, 5.41) is 3.29. The zero-order valence-electron chi connectivity index (χ0n) is 8.40. The first-order valence-corrected chi connectivity index (χ1v) is 5.62. The lowest BCUT2D eigenvalue weighted by atomic mass is 9.99. The van der Waals surface area contributed by atoms with E-state index in [0.29, 0.717) is 5.92 Å². The van der Waals surface area contributed by atoms with E-state index in [1.54, 1.807) is 11.3 Å². The fourth-order valence-corrected chi connectivity index (χ4v) is 2.20. The molecule has 0 bridgehead atoms. The van der Waals surface area contributed by atoms with Crippen LogP contribution < -0.4 is 0 Å². The van der Waals surface area contributed by atoms with Crippen molar-refractivity contribution in [3.63, 3.8) is 0 Å². The van der Waals surface area contributed by atoms with E-state index in [2.05, 4.69) is 41.6 Å². The molecule has 1 aromatic heterocycles. The van der Waals surface area contributed by atoms with E-state index < -0.39 is 0 Å². The molecule has 1 atom stereocenters. The average Bonchev–Trinajstić information content (AvgIpc) is 2.65. The Morgan fingerprint density at radius 3 is 2.50 bits per heavy atom. The molecule has 0 saturated heterocycles. The summed E-state index contributed by atoms with van der Waals surface area (Å²) in [6.45, 7) is 4.25. The number of thiazole rings is 1. The van der Waals surface area contributed by atoms with Gasteiger partial charge in [0.25, 0.3) is 0 Å². The molecule has 2 rings (SSSR count). The second-order valence-corrected chi connectivity index (χ2v) is 4.49. The smallest absolute Gasteiger partial charge is 0.0897 e. The van der Waals surface area contributed by atoms with Crippen molar-refractivity contribution in [1.82, 2.24) is 4.98 Å². The van der Waals surface area contributed by atoms with Crippen LogP contribution in [-0.2, 0) is 0 Å². The number of hydrogen-bond acceptors (Lipinski definition) is 2. The third-order valence-electron chi connectivity index (χ3n) is 2.38. The van der Waals surface area contributed by atoms with Crippen molar-refractivity contribution in [3.05, 3.63) is 52.0 Å². The van der Waals surface area contributed by atoms with Crippen molar-refractivity contribution in [2.24, 2.45) is 0 Å². The molecular formula is C12H13NS. The lowest BCUT2D eigenvalue weighted by Gasteiger charge is -2.07. The lowest BCUT2D eigenvalue weighted by molar-refractivity contribution is 0.878. The highest BCUT2D eigenvalue weighted by Crippen LogP contribution is 2.24. The molecule has 14 heavy (non-hydrogen) atoms. The van der Waals surface area contributed by atoms with Crippen LogP contribution in [0.15, 0.2) is 35.7 Å². The van der Waals surface area contributed by atoms with E-state index in [1.165, 1.54) is 11.3 Å². The van der Waals surface area contributed by atoms with Gasteiger partial charge in [0, 0.05) is 11.3 Å². The predicted octanol–water partition coefficient (Wildman–Crippen LogP) is 3.60. The Labute approximate surface area is 88.4 Å². The van der Waals surface area contributed by atoms with Crippen molar-refractivity contribution in [2.75, 3.05) is 0 Å². The van der Waals surface area contributed by atoms with E-state index in [4.69, 9.17) is 0 Å². The summed E-state index contributed by atoms with van der Waals surface area (Å²) in [4.78, 5) is 4.51. The number of nitrogens with zero attached hydrogens (tertiary/aromatic N) is 1. The van der Waals surface area contributed by atoms with Crippen LogP contribution in [0.1, 0.15) is 29.1 Å². The first-order chi connectivity index (χ1) is 6.77. The minimum atomic E-state index is 0.404. The Kier molecular flexibility index (Phi) is 2.64. The largest absolute Gasteiger partial charge is 0.246 e. The van der Waals surface area contributed by atoms with Crippen molar-refractivity contribution in [3.8, 4) is 0 Å². The molecule has 0 spiro atoms. The van der Waals surface area contributed by atoms with Crippen LogP contribution in [0.25, 0.3) is 0 Å². The lowest BCUT2D eigenvalue weighted by Crippen LogP contribution is -1.95. The molecule has 0 aliphatic heterocycles. The molecule has 0 amide bonds. The number of aryl methyl sites for hydroxylation is 1. The molecule has 0 saturated carbocycles. The monoisotopic (exact) mass is 203 g/mol. The molecule has 0 aliphatic carbocycles. The van der Waals surface area contributed by atoms with Gasteiger partial charge in [-0.05, 0) is 12.5 Å². The van der Waals surface area contributed by atoms with Crippen LogP contribution >= 0.6 is 11.3 Å². The topological polar surface area (TPSA) is 12.9 Å². The number of benzene rings is 1. The molecule has 1 aromatic carbocycles. The normalized spacial score (nSPS) is 12.7. The summed E-state index contributed by atoms with van der Waals surface area (Å²) in [6, 6.07) is 10.5. The maximum absolute atomic E-state index is 4.51. The van der Waals surface area contributed by atoms with Crippen LogP contribution in [0, 0.1) is 6.92 Å². The Morgan fingerprint density at radius 1 is 1.21 bits per heavy atom. The molecule has 0 aliphatic rings. The van der Waals surface area contributed by atoms with Gasteiger partial charge in [-0.25, -0.2) is 4.98 Å². The quantitative estimate of drug-likeness (QED) is 0.726. The highest BCUT2D eigenvalue weighted by Gasteiger charge is 2.10. The molecule has 1 heterocycles. The SMILES string of the molecule is Cc1nc(C(C)c2ccccc2)cs1. The molecule has 0 radical (unpaired) electrons. The third-order valence-corrected chi connectivity index (χ3v) is 3.17. The summed E-state index contributed by atoms with van der Waals surface area (Å²) in [5.74, 6) is 0.404. The summed E-state index contributed by atoms with van der Waals surface area (Å²) in [7, 11) is 0. The van der Waals surface area contributed by atoms with Crippen LogP contribution in [-0.4, -0.2) is 4.98 Å². The van der Waals surface area contributed by atoms with Gasteiger partial charge >= 0.3 is 0 Å². The van der Waals surface area contributed by atoms with Crippen molar-refractivity contribution < 1.29 is 0 Å². The maximum atomic E-state index is 4.51. The second kappa shape index (κ2) is 3.93. The standard InChI is InChI=1S/C12H13NS/c1-9(11-6-4-3-5-7-11)12-8-14-10(2)13-12/h3-9H,1-2H3. The van der Waals surface area contributed by atoms with Gasteiger partial charge in [-0.2, -0.15) is 0 Å². The van der Waals surface area contributed by atoms with E-state index >= 15 is 0 Å². The molecular weight excluding hydrogens is 190 g/mol. The predicted molar refractivity (Wildman–Crippen MR) is 60.8 cm³/mol. The van der Waals surface area contributed by atoms with Crippen LogP contribution in [0.3, 0.4) is 0 Å². The molecule has 2 aromatic rings. The highest BCUT2D eigenvalue weighted by atomic mass is 32.1. The van der Waals surface area contributed by atoms with E-state index in [-0.39, 0.29) is 0 Å². The van der Waals surface area contributed by atoms with Crippen LogP contribution in [0.2, 0.25) is 0 Å². The molecule has 0 fully saturated rings. The number of rotatable bonds is 2. The summed E-state index contributed by atoms with van der Waals surface area (Å²) >= 11 is 1.72. The molecule has 0 N–H and O–H groups in total. The molecule has 1 unspecified atom stereocenters. The first kappa shape index (κ1) is 9.41. The fourth-order valence-electron chi connectivity index (χ4n) is 1.49. The Bertz CT molecular complexity index is 405. The van der Waals surface area contributed by atoms with Crippen molar-refractivity contribution in [1.29, 1.82) is 0 Å². The zero-order chi connectivity index (χ0) is 9.97. The van der Waals surface area contributed by atoms with E-state index in [0.717, 1.165) is 5.01 Å². The van der Waals surface area contributed by atoms with Crippen molar-refractivity contribution >= 4 is 11.3 Å². The maximum Gasteiger partial charge on any atom is 0.0897 e. The third kappa shape index (κ3) is 1.85. The van der Waals surface area contributed by atoms with E-state index in [9.17, 15) is 0 Å². The van der Waals surface area contributed by atoms with Crippen LogP contribution in [0.4, 0.5) is 0 Å². The fraction of sp³-hybridized carbons (Fsp3) is 0.250. The van der Waals surface area contributed by atoms with Gasteiger partial charge in [-0.1, -0.05) is 37.3 Å². The number of aromatic nitrogens is 1. The van der Waals surface area contributed by atoms with Gasteiger partial charge in [-0.15, -0.1) is 11.3 Å². The Morgan fingerprint density at radius 2 is 1.93 bits per heavy atom. The molecule has 1 nitrogen and oxygen atoms in total. The zero-order valence-corrected chi connectivity index (χ0v) is 9.21. The van der Waals surface area contributed by atoms with Gasteiger partial charge in [0.2, 0.25) is 0 Å². The minimum absolute atomic E-state index is 0.404. The van der Waals surface area contributed by atoms with Crippen molar-refractivity contribution in [2.45, 2.75) is 19.8 Å². The molecule has 2 heteroatoms. The second-order valence-electron chi connectivity index (χ2n) is 3.42. The highest BCUT2D eigenvalue weighted by molar-refractivity contribution is 7.09. The Hall–Kier alpha value is -1.15. The number of hydrogen-bond donors (Lipinski definition) is 0. The molecule has 72 valence electrons. The summed E-state index contributed by atoms with van der Waals surface area (Å²) in [6.07, 6.45) is 0. The summed E-state index contributed by atoms with van der Waals surface area (Å²) in [5.41, 5.74) is 2.51.